The quantitative estimate of drug-likeness (QED) is 0.543. The van der Waals surface area contributed by atoms with Crippen LogP contribution in [0.5, 0.6) is 5.75 Å². The Morgan fingerprint density at radius 2 is 2.09 bits per heavy atom. The van der Waals surface area contributed by atoms with Gasteiger partial charge in [-0.2, -0.15) is 0 Å². The summed E-state index contributed by atoms with van der Waals surface area (Å²) >= 11 is 0. The molecule has 0 bridgehead atoms. The summed E-state index contributed by atoms with van der Waals surface area (Å²) in [5, 5.41) is 3.16. The normalized spacial score (nSPS) is 15.0. The van der Waals surface area contributed by atoms with Crippen LogP contribution in [0.2, 0.25) is 0 Å². The van der Waals surface area contributed by atoms with Gasteiger partial charge >= 0.3 is 0 Å². The van der Waals surface area contributed by atoms with Crippen molar-refractivity contribution in [2.75, 3.05) is 32.6 Å². The second-order valence-corrected chi connectivity index (χ2v) is 7.78. The summed E-state index contributed by atoms with van der Waals surface area (Å²) in [5.74, 6) is 1.68. The Bertz CT molecular complexity index is 1170. The van der Waals surface area contributed by atoms with Gasteiger partial charge in [-0.3, -0.25) is 4.79 Å². The maximum Gasteiger partial charge on any atom is 0.299 e. The predicted molar refractivity (Wildman–Crippen MR) is 126 cm³/mol. The van der Waals surface area contributed by atoms with E-state index in [1.807, 2.05) is 49.4 Å². The minimum Gasteiger partial charge on any atom is -0.496 e. The van der Waals surface area contributed by atoms with E-state index in [-0.39, 0.29) is 18.5 Å². The van der Waals surface area contributed by atoms with Crippen molar-refractivity contribution in [3.05, 3.63) is 59.8 Å². The van der Waals surface area contributed by atoms with Crippen LogP contribution in [-0.2, 0) is 16.1 Å². The standard InChI is InChI=1S/C24H27N5O4/c1-15-14-32-23(27-15)19-9-8-17(10-20(19)31-3)28-24-26-12-21(33-24)18-7-5-4-6-16(18)13-29(2)22(30)11-25/h4-10,12,15H,11,13-14,25H2,1-3H3,(H,26,28). The summed E-state index contributed by atoms with van der Waals surface area (Å²) in [4.78, 5) is 22.3. The zero-order valence-electron chi connectivity index (χ0n) is 18.9. The molecule has 1 atom stereocenters. The van der Waals surface area contributed by atoms with Crippen molar-refractivity contribution in [2.45, 2.75) is 19.5 Å². The lowest BCUT2D eigenvalue weighted by atomic mass is 10.1. The van der Waals surface area contributed by atoms with Crippen LogP contribution in [0.15, 0.2) is 58.1 Å². The summed E-state index contributed by atoms with van der Waals surface area (Å²) in [6, 6.07) is 13.8. The molecule has 9 heteroatoms. The van der Waals surface area contributed by atoms with Gasteiger partial charge in [0.1, 0.15) is 12.4 Å². The topological polar surface area (TPSA) is 115 Å². The number of ether oxygens (including phenoxy) is 2. The van der Waals surface area contributed by atoms with E-state index in [1.54, 1.807) is 25.3 Å². The van der Waals surface area contributed by atoms with Gasteiger partial charge in [-0.1, -0.05) is 24.3 Å². The number of likely N-dealkylation sites (N-methyl/N-ethyl adjacent to an activating group) is 1. The highest BCUT2D eigenvalue weighted by molar-refractivity contribution is 5.98. The minimum atomic E-state index is -0.134. The van der Waals surface area contributed by atoms with E-state index in [0.717, 1.165) is 22.4 Å². The number of amides is 1. The predicted octanol–water partition coefficient (Wildman–Crippen LogP) is 3.18. The number of nitrogens with two attached hydrogens (primary N) is 1. The number of aliphatic imine (C=N–C) groups is 1. The number of benzene rings is 2. The first-order chi connectivity index (χ1) is 16.0. The van der Waals surface area contributed by atoms with E-state index >= 15 is 0 Å². The summed E-state index contributed by atoms with van der Waals surface area (Å²) in [5.41, 5.74) is 8.80. The van der Waals surface area contributed by atoms with Crippen molar-refractivity contribution in [1.82, 2.24) is 9.88 Å². The van der Waals surface area contributed by atoms with Crippen LogP contribution in [0.4, 0.5) is 11.7 Å². The summed E-state index contributed by atoms with van der Waals surface area (Å²) in [7, 11) is 3.33. The van der Waals surface area contributed by atoms with Gasteiger partial charge in [0, 0.05) is 30.9 Å². The lowest BCUT2D eigenvalue weighted by Gasteiger charge is -2.17. The number of nitrogens with one attached hydrogen (secondary N) is 1. The largest absolute Gasteiger partial charge is 0.496 e. The maximum atomic E-state index is 11.9. The van der Waals surface area contributed by atoms with Crippen molar-refractivity contribution in [3.8, 4) is 17.1 Å². The van der Waals surface area contributed by atoms with E-state index in [9.17, 15) is 4.79 Å². The van der Waals surface area contributed by atoms with E-state index in [1.165, 1.54) is 0 Å². The third-order valence-electron chi connectivity index (χ3n) is 5.28. The van der Waals surface area contributed by atoms with Gasteiger partial charge in [0.2, 0.25) is 11.8 Å². The number of rotatable bonds is 8. The molecular weight excluding hydrogens is 422 g/mol. The molecule has 2 aromatic carbocycles. The Morgan fingerprint density at radius 3 is 2.82 bits per heavy atom. The molecule has 1 aliphatic heterocycles. The molecule has 0 saturated heterocycles. The highest BCUT2D eigenvalue weighted by Crippen LogP contribution is 2.30. The molecule has 4 rings (SSSR count). The van der Waals surface area contributed by atoms with E-state index in [4.69, 9.17) is 19.6 Å². The van der Waals surface area contributed by atoms with Crippen LogP contribution in [0, 0.1) is 0 Å². The number of hydrogen-bond donors (Lipinski definition) is 2. The van der Waals surface area contributed by atoms with Crippen LogP contribution in [0.3, 0.4) is 0 Å². The summed E-state index contributed by atoms with van der Waals surface area (Å²) in [6.45, 7) is 2.95. The lowest BCUT2D eigenvalue weighted by molar-refractivity contribution is -0.128. The number of anilines is 2. The van der Waals surface area contributed by atoms with Crippen molar-refractivity contribution in [2.24, 2.45) is 10.7 Å². The number of methoxy groups -OCH3 is 1. The van der Waals surface area contributed by atoms with E-state index in [2.05, 4.69) is 15.3 Å². The molecule has 33 heavy (non-hydrogen) atoms. The molecule has 172 valence electrons. The first kappa shape index (κ1) is 22.3. The van der Waals surface area contributed by atoms with Gasteiger partial charge in [-0.25, -0.2) is 9.98 Å². The molecule has 1 aromatic heterocycles. The molecular formula is C24H27N5O4. The Balaban J connectivity index is 1.53. The molecule has 1 amide bonds. The molecule has 9 nitrogen and oxygen atoms in total. The molecule has 0 fully saturated rings. The first-order valence-electron chi connectivity index (χ1n) is 10.6. The monoisotopic (exact) mass is 449 g/mol. The van der Waals surface area contributed by atoms with Crippen molar-refractivity contribution < 1.29 is 18.7 Å². The maximum absolute atomic E-state index is 11.9. The Morgan fingerprint density at radius 1 is 1.27 bits per heavy atom. The van der Waals surface area contributed by atoms with E-state index in [0.29, 0.717) is 36.6 Å². The molecule has 0 saturated carbocycles. The van der Waals surface area contributed by atoms with Gasteiger partial charge in [-0.15, -0.1) is 0 Å². The number of oxazole rings is 1. The minimum absolute atomic E-state index is 0.0320. The molecule has 3 aromatic rings. The van der Waals surface area contributed by atoms with Crippen LogP contribution in [0.25, 0.3) is 11.3 Å². The van der Waals surface area contributed by atoms with Gasteiger partial charge < -0.3 is 29.8 Å². The van der Waals surface area contributed by atoms with Gasteiger partial charge in [0.05, 0.1) is 31.5 Å². The van der Waals surface area contributed by atoms with E-state index < -0.39 is 0 Å². The Hall–Kier alpha value is -3.85. The molecule has 1 unspecified atom stereocenters. The highest BCUT2D eigenvalue weighted by atomic mass is 16.5. The molecule has 1 aliphatic rings. The molecule has 0 radical (unpaired) electrons. The highest BCUT2D eigenvalue weighted by Gasteiger charge is 2.20. The molecule has 0 spiro atoms. The van der Waals surface area contributed by atoms with Gasteiger partial charge in [0.15, 0.2) is 5.76 Å². The average Bonchev–Trinajstić information content (AvgIpc) is 3.47. The average molecular weight is 450 g/mol. The zero-order chi connectivity index (χ0) is 23.4. The lowest BCUT2D eigenvalue weighted by Crippen LogP contribution is -2.32. The third-order valence-corrected chi connectivity index (χ3v) is 5.28. The number of aromatic nitrogens is 1. The van der Waals surface area contributed by atoms with Gasteiger partial charge in [0.25, 0.3) is 6.01 Å². The number of hydrogen-bond acceptors (Lipinski definition) is 8. The van der Waals surface area contributed by atoms with Crippen LogP contribution < -0.4 is 15.8 Å². The summed E-state index contributed by atoms with van der Waals surface area (Å²) < 4.78 is 17.1. The number of carbonyl (C=O) groups excluding carboxylic acids is 1. The Kier molecular flexibility index (Phi) is 6.60. The SMILES string of the molecule is COc1cc(Nc2ncc(-c3ccccc3CN(C)C(=O)CN)o2)ccc1C1=NC(C)CO1. The molecule has 3 N–H and O–H groups in total. The van der Waals surface area contributed by atoms with Crippen LogP contribution in [0.1, 0.15) is 18.1 Å². The second-order valence-electron chi connectivity index (χ2n) is 7.78. The fraction of sp³-hybridized carbons (Fsp3) is 0.292. The number of nitrogens with zero attached hydrogens (tertiary/aromatic N) is 3. The molecule has 2 heterocycles. The second kappa shape index (κ2) is 9.74. The van der Waals surface area contributed by atoms with Crippen LogP contribution in [-0.4, -0.2) is 55.0 Å². The fourth-order valence-corrected chi connectivity index (χ4v) is 3.55. The third kappa shape index (κ3) is 4.98. The smallest absolute Gasteiger partial charge is 0.299 e. The summed E-state index contributed by atoms with van der Waals surface area (Å²) in [6.07, 6.45) is 1.65. The Labute approximate surface area is 192 Å². The van der Waals surface area contributed by atoms with Crippen LogP contribution >= 0.6 is 0 Å². The van der Waals surface area contributed by atoms with Crippen molar-refractivity contribution in [1.29, 1.82) is 0 Å². The molecule has 0 aliphatic carbocycles. The van der Waals surface area contributed by atoms with Crippen molar-refractivity contribution >= 4 is 23.5 Å². The fourth-order valence-electron chi connectivity index (χ4n) is 3.55. The first-order valence-corrected chi connectivity index (χ1v) is 10.6. The van der Waals surface area contributed by atoms with Gasteiger partial charge in [-0.05, 0) is 24.6 Å². The number of carbonyl (C=O) groups is 1. The van der Waals surface area contributed by atoms with Crippen molar-refractivity contribution in [3.63, 3.8) is 0 Å². The zero-order valence-corrected chi connectivity index (χ0v) is 18.9.